The zero-order valence-corrected chi connectivity index (χ0v) is 12.3. The van der Waals surface area contributed by atoms with E-state index in [0.717, 1.165) is 0 Å². The predicted molar refractivity (Wildman–Crippen MR) is 77.8 cm³/mol. The highest BCUT2D eigenvalue weighted by atomic mass is 16.5. The molecule has 112 valence electrons. The molecule has 0 saturated carbocycles. The molecule has 0 amide bonds. The van der Waals surface area contributed by atoms with Crippen LogP contribution < -0.4 is 9.28 Å². The second-order valence-electron chi connectivity index (χ2n) is 5.83. The lowest BCUT2D eigenvalue weighted by Crippen LogP contribution is -2.53. The fraction of sp³-hybridized carbons (Fsp3) is 0.312. The van der Waals surface area contributed by atoms with E-state index >= 15 is 0 Å². The van der Waals surface area contributed by atoms with Crippen LogP contribution in [0.1, 0.15) is 31.0 Å². The van der Waals surface area contributed by atoms with Gasteiger partial charge in [0.1, 0.15) is 17.5 Å². The fourth-order valence-electron chi connectivity index (χ4n) is 2.74. The molecule has 22 heavy (non-hydrogen) atoms. The molecule has 6 heteroatoms. The number of nitriles is 1. The van der Waals surface area contributed by atoms with Crippen molar-refractivity contribution >= 4 is 0 Å². The van der Waals surface area contributed by atoms with Crippen LogP contribution in [-0.2, 0) is 0 Å². The molecule has 2 heterocycles. The fourth-order valence-corrected chi connectivity index (χ4v) is 2.74. The summed E-state index contributed by atoms with van der Waals surface area (Å²) in [5, 5.41) is 19.8. The molecular weight excluding hydrogens is 282 g/mol. The van der Waals surface area contributed by atoms with Crippen LogP contribution in [0.15, 0.2) is 42.7 Å². The van der Waals surface area contributed by atoms with Crippen LogP contribution in [0.25, 0.3) is 0 Å². The third-order valence-corrected chi connectivity index (χ3v) is 3.92. The van der Waals surface area contributed by atoms with Crippen LogP contribution in [-0.4, -0.2) is 21.5 Å². The smallest absolute Gasteiger partial charge is 0.257 e. The highest BCUT2D eigenvalue weighted by molar-refractivity contribution is 5.46. The first-order valence-corrected chi connectivity index (χ1v) is 6.95. The van der Waals surface area contributed by atoms with E-state index < -0.39 is 17.7 Å². The van der Waals surface area contributed by atoms with Gasteiger partial charge < -0.3 is 9.84 Å². The predicted octanol–water partition coefficient (Wildman–Crippen LogP) is 1.40. The lowest BCUT2D eigenvalue weighted by Gasteiger charge is -2.40. The van der Waals surface area contributed by atoms with Crippen LogP contribution in [0.4, 0.5) is 0 Å². The lowest BCUT2D eigenvalue weighted by atomic mass is 9.86. The molecule has 0 fully saturated rings. The zero-order chi connectivity index (χ0) is 15.9. The topological polar surface area (TPSA) is 81.1 Å². The van der Waals surface area contributed by atoms with Gasteiger partial charge in [0.15, 0.2) is 10.6 Å². The number of aromatic nitrogens is 2. The number of fused-ring (bicyclic) bond motifs is 1. The van der Waals surface area contributed by atoms with Gasteiger partial charge in [0.2, 0.25) is 0 Å². The van der Waals surface area contributed by atoms with E-state index in [-0.39, 0.29) is 0 Å². The number of nitrogens with zero attached hydrogens (tertiary/aromatic N) is 3. The number of aliphatic hydroxyl groups is 1. The van der Waals surface area contributed by atoms with Crippen LogP contribution in [0.2, 0.25) is 0 Å². The molecule has 1 aliphatic heterocycles. The third-order valence-electron chi connectivity index (χ3n) is 3.92. The Morgan fingerprint density at radius 3 is 2.86 bits per heavy atom. The Morgan fingerprint density at radius 1 is 1.41 bits per heavy atom. The van der Waals surface area contributed by atoms with Crippen molar-refractivity contribution in [1.82, 2.24) is 4.68 Å². The lowest BCUT2D eigenvalue weighted by molar-refractivity contribution is -0.603. The van der Waals surface area contributed by atoms with Crippen molar-refractivity contribution in [2.45, 2.75) is 31.6 Å². The molecule has 1 N–H and O–H groups in total. The van der Waals surface area contributed by atoms with Gasteiger partial charge in [0.05, 0.1) is 22.7 Å². The minimum Gasteiger partial charge on any atom is -0.485 e. The molecule has 6 nitrogen and oxygen atoms in total. The summed E-state index contributed by atoms with van der Waals surface area (Å²) in [5.74, 6) is 0.565. The molecule has 2 aromatic rings. The second kappa shape index (κ2) is 4.97. The summed E-state index contributed by atoms with van der Waals surface area (Å²) in [5.41, 5.74) is 0.210. The summed E-state index contributed by atoms with van der Waals surface area (Å²) < 4.78 is 7.90. The van der Waals surface area contributed by atoms with Crippen molar-refractivity contribution in [3.05, 3.63) is 58.8 Å². The van der Waals surface area contributed by atoms with Crippen molar-refractivity contribution in [2.75, 3.05) is 0 Å². The maximum Gasteiger partial charge on any atom is 0.257 e. The minimum atomic E-state index is -0.943. The van der Waals surface area contributed by atoms with Crippen molar-refractivity contribution in [2.24, 2.45) is 0 Å². The molecule has 0 radical (unpaired) electrons. The highest BCUT2D eigenvalue weighted by Crippen LogP contribution is 2.41. The molecule has 1 aromatic carbocycles. The van der Waals surface area contributed by atoms with Crippen LogP contribution in [0.3, 0.4) is 0 Å². The zero-order valence-electron chi connectivity index (χ0n) is 12.3. The second-order valence-corrected chi connectivity index (χ2v) is 5.83. The average Bonchev–Trinajstić information content (AvgIpc) is 2.49. The van der Waals surface area contributed by atoms with Gasteiger partial charge in [0.25, 0.3) is 6.20 Å². The van der Waals surface area contributed by atoms with Gasteiger partial charge in [-0.1, -0.05) is 4.68 Å². The largest absolute Gasteiger partial charge is 0.485 e. The van der Waals surface area contributed by atoms with E-state index in [4.69, 9.17) is 10.00 Å². The minimum absolute atomic E-state index is 0.452. The van der Waals surface area contributed by atoms with Gasteiger partial charge in [-0.25, -0.2) is 0 Å². The van der Waals surface area contributed by atoms with Gasteiger partial charge in [-0.2, -0.15) is 5.26 Å². The number of hydrogen-bond acceptors (Lipinski definition) is 4. The highest BCUT2D eigenvalue weighted by Gasteiger charge is 2.46. The maximum absolute atomic E-state index is 12.1. The molecule has 2 unspecified atom stereocenters. The number of hydrogen-bond donors (Lipinski definition) is 1. The summed E-state index contributed by atoms with van der Waals surface area (Å²) in [6, 6.07) is 9.78. The first-order chi connectivity index (χ1) is 10.4. The van der Waals surface area contributed by atoms with Gasteiger partial charge in [-0.15, -0.1) is 0 Å². The number of rotatable bonds is 1. The van der Waals surface area contributed by atoms with Crippen molar-refractivity contribution < 1.29 is 14.4 Å². The van der Waals surface area contributed by atoms with Gasteiger partial charge >= 0.3 is 0 Å². The molecule has 1 aliphatic rings. The average molecular weight is 298 g/mol. The Morgan fingerprint density at radius 2 is 2.18 bits per heavy atom. The molecule has 0 bridgehead atoms. The summed E-state index contributed by atoms with van der Waals surface area (Å²) in [4.78, 5) is 12.1. The molecular formula is C16H16N3O3+. The Labute approximate surface area is 127 Å². The molecule has 2 atom stereocenters. The van der Waals surface area contributed by atoms with E-state index in [1.54, 1.807) is 50.4 Å². The third kappa shape index (κ3) is 2.16. The number of aliphatic hydroxyl groups excluding tert-OH is 1. The monoisotopic (exact) mass is 298 g/mol. The molecule has 0 saturated heterocycles. The Hall–Kier alpha value is -2.65. The van der Waals surface area contributed by atoms with E-state index in [0.29, 0.717) is 21.4 Å². The normalized spacial score (nSPS) is 22.3. The Balaban J connectivity index is 2.26. The quantitative estimate of drug-likeness (QED) is 0.807. The van der Waals surface area contributed by atoms with E-state index in [9.17, 15) is 10.0 Å². The molecule has 0 spiro atoms. The van der Waals surface area contributed by atoms with E-state index in [2.05, 4.69) is 6.07 Å². The molecule has 1 aromatic heterocycles. The number of benzene rings is 1. The van der Waals surface area contributed by atoms with Crippen LogP contribution in [0.5, 0.6) is 5.75 Å². The number of ether oxygens (including phenoxy) is 1. The van der Waals surface area contributed by atoms with Gasteiger partial charge in [-0.05, 0) is 38.1 Å². The molecule has 3 rings (SSSR count). The van der Waals surface area contributed by atoms with E-state index in [1.807, 2.05) is 0 Å². The van der Waals surface area contributed by atoms with Crippen molar-refractivity contribution in [1.29, 1.82) is 5.26 Å². The first-order valence-electron chi connectivity index (χ1n) is 6.95. The van der Waals surface area contributed by atoms with Crippen LogP contribution in [0, 0.1) is 16.2 Å². The van der Waals surface area contributed by atoms with Crippen LogP contribution >= 0.6 is 0 Å². The van der Waals surface area contributed by atoms with Gasteiger partial charge in [-0.3, -0.25) is 0 Å². The molecule has 0 aliphatic carbocycles. The van der Waals surface area contributed by atoms with E-state index in [1.165, 1.54) is 10.9 Å². The summed E-state index contributed by atoms with van der Waals surface area (Å²) >= 11 is 0. The standard InChI is InChI=1S/C16H16N3O3/c1-16(2)15(20)14(18-7-3-4-8-19(18)21)12-9-11(10-17)5-6-13(12)22-16/h3-9,14-15,20H,1-2H3/q+1. The van der Waals surface area contributed by atoms with Gasteiger partial charge in [0, 0.05) is 11.6 Å². The first kappa shape index (κ1) is 14.3. The Kier molecular flexibility index (Phi) is 3.23. The van der Waals surface area contributed by atoms with Crippen molar-refractivity contribution in [3.63, 3.8) is 0 Å². The summed E-state index contributed by atoms with van der Waals surface area (Å²) in [6.45, 7) is 3.54. The maximum atomic E-state index is 12.1. The Bertz CT molecular complexity index is 820. The summed E-state index contributed by atoms with van der Waals surface area (Å²) in [7, 11) is 0. The van der Waals surface area contributed by atoms with Crippen molar-refractivity contribution in [3.8, 4) is 11.8 Å². The summed E-state index contributed by atoms with van der Waals surface area (Å²) in [6.07, 6.45) is 2.02. The SMILES string of the molecule is CC1(C)Oc2ccc(C#N)cc2C(n2cccc[n+]2=O)C1O.